The maximum atomic E-state index is 11.5. The van der Waals surface area contributed by atoms with E-state index in [-0.39, 0.29) is 77.2 Å². The molecule has 0 amide bonds. The molecule has 7 atom stereocenters. The van der Waals surface area contributed by atoms with Gasteiger partial charge in [0.1, 0.15) is 0 Å². The van der Waals surface area contributed by atoms with Gasteiger partial charge in [0.25, 0.3) is 0 Å². The molecule has 3 saturated heterocycles. The zero-order chi connectivity index (χ0) is 43.4. The number of rotatable bonds is 12. The highest BCUT2D eigenvalue weighted by Gasteiger charge is 2.48. The van der Waals surface area contributed by atoms with Crippen molar-refractivity contribution in [2.45, 2.75) is 183 Å². The molecule has 0 aromatic rings. The molecular formula is C45H82O9. The number of esters is 6. The summed E-state index contributed by atoms with van der Waals surface area (Å²) in [6.45, 7) is 38.1. The SMILES string of the molecule is CC.CC.CC.CC.CC/C(C)=C/CC/C(C)=C/C(C)C1CC(=O)OC1=O.CCC(C)(C)C1C(=O)OC(=O)C1C.CCCC(C)CC1C(=O)OC(=O)C1C. The van der Waals surface area contributed by atoms with E-state index in [0.717, 1.165) is 44.9 Å². The van der Waals surface area contributed by atoms with E-state index in [1.807, 2.05) is 83.1 Å². The van der Waals surface area contributed by atoms with Crippen LogP contribution in [0.3, 0.4) is 0 Å². The summed E-state index contributed by atoms with van der Waals surface area (Å²) >= 11 is 0. The minimum atomic E-state index is -0.394. The van der Waals surface area contributed by atoms with Gasteiger partial charge in [-0.2, -0.15) is 0 Å². The van der Waals surface area contributed by atoms with Gasteiger partial charge in [-0.15, -0.1) is 0 Å². The number of allylic oxidation sites excluding steroid dienone is 4. The summed E-state index contributed by atoms with van der Waals surface area (Å²) in [4.78, 5) is 67.4. The van der Waals surface area contributed by atoms with Crippen molar-refractivity contribution in [2.75, 3.05) is 0 Å². The number of ether oxygens (including phenoxy) is 3. The van der Waals surface area contributed by atoms with Gasteiger partial charge in [0, 0.05) is 0 Å². The largest absolute Gasteiger partial charge is 0.393 e. The van der Waals surface area contributed by atoms with Crippen molar-refractivity contribution < 1.29 is 43.0 Å². The van der Waals surface area contributed by atoms with Gasteiger partial charge >= 0.3 is 35.8 Å². The number of hydrogen-bond acceptors (Lipinski definition) is 9. The third-order valence-electron chi connectivity index (χ3n) is 9.67. The van der Waals surface area contributed by atoms with Crippen LogP contribution in [0.25, 0.3) is 0 Å². The minimum absolute atomic E-state index is 0.0650. The lowest BCUT2D eigenvalue weighted by atomic mass is 9.72. The van der Waals surface area contributed by atoms with Crippen LogP contribution in [0, 0.1) is 46.8 Å². The summed E-state index contributed by atoms with van der Waals surface area (Å²) in [5, 5.41) is 0. The van der Waals surface area contributed by atoms with Crippen molar-refractivity contribution >= 4 is 35.8 Å². The highest BCUT2D eigenvalue weighted by atomic mass is 16.6. The predicted molar refractivity (Wildman–Crippen MR) is 221 cm³/mol. The van der Waals surface area contributed by atoms with E-state index < -0.39 is 5.97 Å². The van der Waals surface area contributed by atoms with Crippen molar-refractivity contribution in [1.82, 2.24) is 0 Å². The van der Waals surface area contributed by atoms with Crippen molar-refractivity contribution in [3.8, 4) is 0 Å². The molecule has 0 aromatic carbocycles. The molecule has 0 aliphatic carbocycles. The molecule has 0 spiro atoms. The molecule has 9 nitrogen and oxygen atoms in total. The second-order valence-electron chi connectivity index (χ2n) is 14.0. The van der Waals surface area contributed by atoms with Crippen LogP contribution in [-0.4, -0.2) is 35.8 Å². The van der Waals surface area contributed by atoms with Crippen LogP contribution >= 0.6 is 0 Å². The highest BCUT2D eigenvalue weighted by molar-refractivity contribution is 5.97. The molecule has 3 aliphatic rings. The Balaban J connectivity index is -0.000000322. The monoisotopic (exact) mass is 767 g/mol. The Bertz CT molecular complexity index is 1160. The molecule has 0 N–H and O–H groups in total. The third-order valence-corrected chi connectivity index (χ3v) is 9.67. The molecule has 316 valence electrons. The third kappa shape index (κ3) is 21.1. The molecule has 0 aromatic heterocycles. The van der Waals surface area contributed by atoms with E-state index in [4.69, 9.17) is 0 Å². The van der Waals surface area contributed by atoms with Gasteiger partial charge < -0.3 is 14.2 Å². The first kappa shape index (κ1) is 57.6. The van der Waals surface area contributed by atoms with Crippen molar-refractivity contribution in [2.24, 2.45) is 46.8 Å². The summed E-state index contributed by atoms with van der Waals surface area (Å²) in [6, 6.07) is 0. The van der Waals surface area contributed by atoms with E-state index in [1.165, 1.54) is 11.1 Å². The number of hydrogen-bond donors (Lipinski definition) is 0. The van der Waals surface area contributed by atoms with Crippen LogP contribution in [0.4, 0.5) is 0 Å². The van der Waals surface area contributed by atoms with E-state index in [9.17, 15) is 28.8 Å². The average molecular weight is 767 g/mol. The maximum Gasteiger partial charge on any atom is 0.318 e. The molecule has 0 bridgehead atoms. The Morgan fingerprint density at radius 2 is 1.22 bits per heavy atom. The lowest BCUT2D eigenvalue weighted by Crippen LogP contribution is -2.31. The molecule has 3 fully saturated rings. The fraction of sp³-hybridized carbons (Fsp3) is 0.778. The van der Waals surface area contributed by atoms with Crippen LogP contribution in [0.1, 0.15) is 183 Å². The first-order valence-corrected chi connectivity index (χ1v) is 21.0. The molecular weight excluding hydrogens is 684 g/mol. The quantitative estimate of drug-likeness (QED) is 0.0824. The number of carbonyl (C=O) groups excluding carboxylic acids is 6. The van der Waals surface area contributed by atoms with Crippen LogP contribution in [0.2, 0.25) is 0 Å². The van der Waals surface area contributed by atoms with Crippen LogP contribution in [0.15, 0.2) is 23.3 Å². The summed E-state index contributed by atoms with van der Waals surface area (Å²) in [5.41, 5.74) is 2.52. The fourth-order valence-electron chi connectivity index (χ4n) is 6.02. The average Bonchev–Trinajstić information content (AvgIpc) is 3.73. The zero-order valence-electron chi connectivity index (χ0n) is 38.0. The van der Waals surface area contributed by atoms with Crippen LogP contribution < -0.4 is 0 Å². The normalized spacial score (nSPS) is 23.0. The van der Waals surface area contributed by atoms with E-state index in [0.29, 0.717) is 5.92 Å². The molecule has 3 aliphatic heterocycles. The van der Waals surface area contributed by atoms with Crippen molar-refractivity contribution in [1.29, 1.82) is 0 Å². The Kier molecular flexibility index (Phi) is 34.3. The Hall–Kier alpha value is -3.10. The van der Waals surface area contributed by atoms with Crippen molar-refractivity contribution in [3.05, 3.63) is 23.3 Å². The van der Waals surface area contributed by atoms with E-state index in [2.05, 4.69) is 61.0 Å². The van der Waals surface area contributed by atoms with Crippen molar-refractivity contribution in [3.63, 3.8) is 0 Å². The first-order valence-electron chi connectivity index (χ1n) is 21.0. The number of carbonyl (C=O) groups is 6. The van der Waals surface area contributed by atoms with Gasteiger partial charge in [0.05, 0.1) is 36.0 Å². The predicted octanol–water partition coefficient (Wildman–Crippen LogP) is 11.8. The summed E-state index contributed by atoms with van der Waals surface area (Å²) in [6.07, 6.45) is 11.6. The Labute approximate surface area is 331 Å². The number of cyclic esters (lactones) is 6. The van der Waals surface area contributed by atoms with Gasteiger partial charge in [-0.1, -0.05) is 160 Å². The lowest BCUT2D eigenvalue weighted by molar-refractivity contribution is -0.156. The van der Waals surface area contributed by atoms with Crippen LogP contribution in [-0.2, 0) is 43.0 Å². The minimum Gasteiger partial charge on any atom is -0.393 e. The summed E-state index contributed by atoms with van der Waals surface area (Å²) < 4.78 is 13.8. The van der Waals surface area contributed by atoms with Gasteiger partial charge in [-0.25, -0.2) is 0 Å². The van der Waals surface area contributed by atoms with E-state index in [1.54, 1.807) is 13.8 Å². The smallest absolute Gasteiger partial charge is 0.318 e. The van der Waals surface area contributed by atoms with Gasteiger partial charge in [-0.3, -0.25) is 28.8 Å². The first-order chi connectivity index (χ1) is 25.4. The zero-order valence-corrected chi connectivity index (χ0v) is 38.0. The standard InChI is InChI=1S/C16H24O3.C11H18O3.C10H16O3.4C2H6/c1-5-11(2)7-6-8-12(3)9-13(4)14-10-15(17)19-16(14)18;1-4-5-7(2)6-9-8(3)10(12)14-11(9)13;1-5-10(3,4)7-6(2)8(11)13-9(7)12;4*1-2/h7,9,13-14H,5-6,8,10H2,1-4H3;7-9H,4-6H2,1-3H3;6-7H,5H2,1-4H3;4*1-2H3/b11-7+,12-9+;;;;;;. The maximum absolute atomic E-state index is 11.5. The summed E-state index contributed by atoms with van der Waals surface area (Å²) in [5.74, 6) is -2.94. The fourth-order valence-corrected chi connectivity index (χ4v) is 6.02. The van der Waals surface area contributed by atoms with E-state index >= 15 is 0 Å². The Morgan fingerprint density at radius 3 is 1.59 bits per heavy atom. The highest BCUT2D eigenvalue weighted by Crippen LogP contribution is 2.40. The molecule has 3 rings (SSSR count). The summed E-state index contributed by atoms with van der Waals surface area (Å²) in [7, 11) is 0. The van der Waals surface area contributed by atoms with Gasteiger partial charge in [0.15, 0.2) is 0 Å². The molecule has 0 radical (unpaired) electrons. The lowest BCUT2D eigenvalue weighted by Gasteiger charge is -2.28. The molecule has 54 heavy (non-hydrogen) atoms. The molecule has 9 heteroatoms. The second-order valence-corrected chi connectivity index (χ2v) is 14.0. The van der Waals surface area contributed by atoms with Gasteiger partial charge in [-0.05, 0) is 56.8 Å². The second kappa shape index (κ2) is 32.2. The molecule has 7 unspecified atom stereocenters. The van der Waals surface area contributed by atoms with Gasteiger partial charge in [0.2, 0.25) is 0 Å². The topological polar surface area (TPSA) is 130 Å². The molecule has 3 heterocycles. The molecule has 0 saturated carbocycles. The Morgan fingerprint density at radius 1 is 0.722 bits per heavy atom. The van der Waals surface area contributed by atoms with Crippen LogP contribution in [0.5, 0.6) is 0 Å².